The lowest BCUT2D eigenvalue weighted by molar-refractivity contribution is -0.121. The van der Waals surface area contributed by atoms with Crippen molar-refractivity contribution in [1.29, 1.82) is 0 Å². The molecule has 146 valence electrons. The molecule has 0 radical (unpaired) electrons. The molecule has 1 aliphatic rings. The highest BCUT2D eigenvalue weighted by atomic mass is 32.2. The molecule has 5 heteroatoms. The number of benzene rings is 3. The topological polar surface area (TPSA) is 44.7 Å². The third-order valence-corrected chi connectivity index (χ3v) is 5.93. The first-order valence-electron chi connectivity index (χ1n) is 9.70. The van der Waals surface area contributed by atoms with Crippen LogP contribution in [0.4, 0.5) is 5.69 Å². The first-order valence-corrected chi connectivity index (χ1v) is 10.5. The second kappa shape index (κ2) is 9.54. The summed E-state index contributed by atoms with van der Waals surface area (Å²) in [5, 5.41) is 3.04. The minimum Gasteiger partial charge on any atom is -0.351 e. The Morgan fingerprint density at radius 3 is 2.31 bits per heavy atom. The lowest BCUT2D eigenvalue weighted by Gasteiger charge is -2.26. The summed E-state index contributed by atoms with van der Waals surface area (Å²) in [5.41, 5.74) is 3.27. The molecule has 0 spiro atoms. The molecule has 0 fully saturated rings. The van der Waals surface area contributed by atoms with Gasteiger partial charge in [-0.25, -0.2) is 4.31 Å². The van der Waals surface area contributed by atoms with Crippen molar-refractivity contribution < 1.29 is 4.79 Å². The molecule has 29 heavy (non-hydrogen) atoms. The molecule has 0 bridgehead atoms. The Hall–Kier alpha value is -2.89. The summed E-state index contributed by atoms with van der Waals surface area (Å²) < 4.78 is 2.13. The molecule has 1 heterocycles. The van der Waals surface area contributed by atoms with E-state index in [-0.39, 0.29) is 11.9 Å². The van der Waals surface area contributed by atoms with E-state index in [1.54, 1.807) is 11.9 Å². The zero-order valence-electron chi connectivity index (χ0n) is 16.1. The summed E-state index contributed by atoms with van der Waals surface area (Å²) in [6.45, 7) is 0.835. The van der Waals surface area contributed by atoms with Crippen LogP contribution in [-0.2, 0) is 17.8 Å². The third kappa shape index (κ3) is 5.34. The van der Waals surface area contributed by atoms with Crippen molar-refractivity contribution in [2.24, 2.45) is 4.99 Å². The predicted molar refractivity (Wildman–Crippen MR) is 119 cm³/mol. The van der Waals surface area contributed by atoms with Gasteiger partial charge in [0.25, 0.3) is 0 Å². The molecule has 1 unspecified atom stereocenters. The van der Waals surface area contributed by atoms with Crippen LogP contribution in [0.5, 0.6) is 0 Å². The SMILES string of the molecule is O=C(CN1Sc2ccccc2N=CC1Cc1ccccc1)NCc1ccccc1. The van der Waals surface area contributed by atoms with Gasteiger partial charge in [0.1, 0.15) is 0 Å². The van der Waals surface area contributed by atoms with Crippen molar-refractivity contribution in [3.8, 4) is 0 Å². The summed E-state index contributed by atoms with van der Waals surface area (Å²) in [7, 11) is 0. The Morgan fingerprint density at radius 1 is 0.897 bits per heavy atom. The Bertz CT molecular complexity index is 976. The first-order chi connectivity index (χ1) is 14.3. The van der Waals surface area contributed by atoms with Crippen molar-refractivity contribution in [3.05, 3.63) is 96.1 Å². The van der Waals surface area contributed by atoms with Crippen LogP contribution in [-0.4, -0.2) is 29.0 Å². The second-order valence-corrected chi connectivity index (χ2v) is 8.02. The van der Waals surface area contributed by atoms with Gasteiger partial charge in [0.05, 0.1) is 18.3 Å². The van der Waals surface area contributed by atoms with E-state index in [1.165, 1.54) is 5.56 Å². The van der Waals surface area contributed by atoms with Gasteiger partial charge in [0.15, 0.2) is 0 Å². The fourth-order valence-corrected chi connectivity index (χ4v) is 4.28. The van der Waals surface area contributed by atoms with Gasteiger partial charge >= 0.3 is 0 Å². The fourth-order valence-electron chi connectivity index (χ4n) is 3.23. The molecule has 1 N–H and O–H groups in total. The number of nitrogens with one attached hydrogen (secondary N) is 1. The van der Waals surface area contributed by atoms with Crippen LogP contribution in [0.2, 0.25) is 0 Å². The van der Waals surface area contributed by atoms with Gasteiger partial charge in [0, 0.05) is 17.7 Å². The maximum absolute atomic E-state index is 12.7. The van der Waals surface area contributed by atoms with Gasteiger partial charge in [-0.3, -0.25) is 9.79 Å². The zero-order chi connectivity index (χ0) is 19.9. The number of hydrogen-bond acceptors (Lipinski definition) is 4. The molecule has 3 aromatic carbocycles. The van der Waals surface area contributed by atoms with Gasteiger partial charge in [0.2, 0.25) is 5.91 Å². The number of nitrogens with zero attached hydrogens (tertiary/aromatic N) is 2. The Labute approximate surface area is 175 Å². The minimum absolute atomic E-state index is 0.00666. The quantitative estimate of drug-likeness (QED) is 0.612. The van der Waals surface area contributed by atoms with Gasteiger partial charge in [-0.1, -0.05) is 72.8 Å². The minimum atomic E-state index is 0.00666. The van der Waals surface area contributed by atoms with Crippen LogP contribution >= 0.6 is 11.9 Å². The molecule has 4 rings (SSSR count). The monoisotopic (exact) mass is 401 g/mol. The van der Waals surface area contributed by atoms with Crippen molar-refractivity contribution in [2.45, 2.75) is 23.9 Å². The summed E-state index contributed by atoms with van der Waals surface area (Å²) in [6.07, 6.45) is 2.77. The Kier molecular flexibility index (Phi) is 6.39. The highest BCUT2D eigenvalue weighted by molar-refractivity contribution is 7.97. The van der Waals surface area contributed by atoms with Crippen LogP contribution in [0.25, 0.3) is 0 Å². The number of fused-ring (bicyclic) bond motifs is 1. The highest BCUT2D eigenvalue weighted by Crippen LogP contribution is 2.35. The highest BCUT2D eigenvalue weighted by Gasteiger charge is 2.24. The van der Waals surface area contributed by atoms with Gasteiger partial charge in [-0.15, -0.1) is 0 Å². The molecule has 0 aliphatic carbocycles. The third-order valence-electron chi connectivity index (χ3n) is 4.76. The van der Waals surface area contributed by atoms with Crippen molar-refractivity contribution in [3.63, 3.8) is 0 Å². The second-order valence-electron chi connectivity index (χ2n) is 6.93. The number of carbonyl (C=O) groups is 1. The van der Waals surface area contributed by atoms with Crippen molar-refractivity contribution >= 4 is 29.8 Å². The average Bonchev–Trinajstić information content (AvgIpc) is 2.93. The molecule has 3 aromatic rings. The standard InChI is InChI=1S/C24H23N3OS/c28-24(26-16-20-11-5-2-6-12-20)18-27-21(15-19-9-3-1-4-10-19)17-25-22-13-7-8-14-23(22)29-27/h1-14,17,21H,15-16,18H2,(H,26,28). The number of para-hydroxylation sites is 1. The fraction of sp³-hybridized carbons (Fsp3) is 0.167. The number of aliphatic imine (C=N–C) groups is 1. The van der Waals surface area contributed by atoms with Crippen molar-refractivity contribution in [2.75, 3.05) is 6.54 Å². The molecular formula is C24H23N3OS. The zero-order valence-corrected chi connectivity index (χ0v) is 16.9. The van der Waals surface area contributed by atoms with E-state index < -0.39 is 0 Å². The molecule has 1 aliphatic heterocycles. The van der Waals surface area contributed by atoms with Gasteiger partial charge in [-0.2, -0.15) is 0 Å². The normalized spacial score (nSPS) is 16.1. The summed E-state index contributed by atoms with van der Waals surface area (Å²) in [5.74, 6) is 0.00666. The van der Waals surface area contributed by atoms with Crippen LogP contribution in [0.1, 0.15) is 11.1 Å². The van der Waals surface area contributed by atoms with E-state index in [2.05, 4.69) is 27.8 Å². The average molecular weight is 402 g/mol. The maximum atomic E-state index is 12.7. The summed E-state index contributed by atoms with van der Waals surface area (Å²) in [6, 6.07) is 28.4. The number of carbonyl (C=O) groups excluding carboxylic acids is 1. The van der Waals surface area contributed by atoms with E-state index in [4.69, 9.17) is 4.99 Å². The molecule has 4 nitrogen and oxygen atoms in total. The predicted octanol–water partition coefficient (Wildman–Crippen LogP) is 4.64. The molecule has 1 atom stereocenters. The smallest absolute Gasteiger partial charge is 0.235 e. The van der Waals surface area contributed by atoms with Gasteiger partial charge in [-0.05, 0) is 41.6 Å². The summed E-state index contributed by atoms with van der Waals surface area (Å²) >= 11 is 1.60. The van der Waals surface area contributed by atoms with E-state index in [0.717, 1.165) is 22.6 Å². The largest absolute Gasteiger partial charge is 0.351 e. The number of amides is 1. The van der Waals surface area contributed by atoms with Crippen LogP contribution in [0.15, 0.2) is 94.8 Å². The lowest BCUT2D eigenvalue weighted by Crippen LogP contribution is -2.40. The Morgan fingerprint density at radius 2 is 1.55 bits per heavy atom. The summed E-state index contributed by atoms with van der Waals surface area (Å²) in [4.78, 5) is 18.5. The van der Waals surface area contributed by atoms with E-state index in [9.17, 15) is 4.79 Å². The number of rotatable bonds is 6. The first kappa shape index (κ1) is 19.4. The maximum Gasteiger partial charge on any atom is 0.235 e. The van der Waals surface area contributed by atoms with Crippen LogP contribution < -0.4 is 5.32 Å². The van der Waals surface area contributed by atoms with E-state index in [1.807, 2.05) is 72.9 Å². The Balaban J connectivity index is 1.48. The molecule has 1 amide bonds. The van der Waals surface area contributed by atoms with Crippen LogP contribution in [0, 0.1) is 0 Å². The molecule has 0 aromatic heterocycles. The van der Waals surface area contributed by atoms with E-state index in [0.29, 0.717) is 13.1 Å². The van der Waals surface area contributed by atoms with Crippen molar-refractivity contribution in [1.82, 2.24) is 9.62 Å². The lowest BCUT2D eigenvalue weighted by atomic mass is 10.1. The van der Waals surface area contributed by atoms with E-state index >= 15 is 0 Å². The van der Waals surface area contributed by atoms with Gasteiger partial charge < -0.3 is 5.32 Å². The molecule has 0 saturated heterocycles. The molecular weight excluding hydrogens is 378 g/mol. The van der Waals surface area contributed by atoms with Crippen LogP contribution in [0.3, 0.4) is 0 Å². The molecule has 0 saturated carbocycles. The number of hydrogen-bond donors (Lipinski definition) is 1.